The van der Waals surface area contributed by atoms with Gasteiger partial charge in [-0.25, -0.2) is 4.98 Å². The minimum Gasteiger partial charge on any atom is -0.493 e. The molecule has 290 valence electrons. The third kappa shape index (κ3) is 8.42. The predicted octanol–water partition coefficient (Wildman–Crippen LogP) is 8.07. The topological polar surface area (TPSA) is 128 Å². The van der Waals surface area contributed by atoms with Crippen LogP contribution < -0.4 is 20.1 Å². The highest BCUT2D eigenvalue weighted by Gasteiger charge is 2.20. The molecular formula is C46H42N8O4. The van der Waals surface area contributed by atoms with Crippen LogP contribution in [0.15, 0.2) is 140 Å². The van der Waals surface area contributed by atoms with Crippen LogP contribution in [0.2, 0.25) is 0 Å². The van der Waals surface area contributed by atoms with Crippen molar-refractivity contribution in [2.24, 2.45) is 7.05 Å². The lowest BCUT2D eigenvalue weighted by atomic mass is 10.1. The molecule has 12 heteroatoms. The molecule has 0 unspecified atom stereocenters. The summed E-state index contributed by atoms with van der Waals surface area (Å²) in [4.78, 5) is 38.4. The molecule has 12 nitrogen and oxygen atoms in total. The number of carbonyl (C=O) groups is 2. The Morgan fingerprint density at radius 1 is 0.741 bits per heavy atom. The van der Waals surface area contributed by atoms with E-state index in [1.807, 2.05) is 83.5 Å². The van der Waals surface area contributed by atoms with Crippen LogP contribution in [0.25, 0.3) is 27.5 Å². The number of benzene rings is 5. The number of aromatic nitrogens is 5. The maximum absolute atomic E-state index is 13.8. The zero-order chi connectivity index (χ0) is 40.0. The van der Waals surface area contributed by atoms with Crippen molar-refractivity contribution in [2.75, 3.05) is 31.4 Å². The first-order valence-corrected chi connectivity index (χ1v) is 18.9. The highest BCUT2D eigenvalue weighted by atomic mass is 16.5. The van der Waals surface area contributed by atoms with Crippen LogP contribution in [0, 0.1) is 0 Å². The van der Waals surface area contributed by atoms with Crippen LogP contribution in [0.1, 0.15) is 37.4 Å². The molecule has 5 aromatic carbocycles. The Kier molecular flexibility index (Phi) is 10.9. The van der Waals surface area contributed by atoms with Gasteiger partial charge in [0.25, 0.3) is 11.8 Å². The number of fused-ring (bicyclic) bond motifs is 2. The van der Waals surface area contributed by atoms with Crippen molar-refractivity contribution in [3.63, 3.8) is 0 Å². The van der Waals surface area contributed by atoms with Crippen molar-refractivity contribution >= 4 is 45.0 Å². The van der Waals surface area contributed by atoms with Crippen molar-refractivity contribution in [3.05, 3.63) is 168 Å². The molecule has 8 aromatic rings. The Hall–Kier alpha value is -7.31. The van der Waals surface area contributed by atoms with Gasteiger partial charge in [0.2, 0.25) is 0 Å². The molecule has 2 N–H and O–H groups in total. The van der Waals surface area contributed by atoms with E-state index in [-0.39, 0.29) is 11.3 Å². The number of nitrogens with zero attached hydrogens (tertiary/aromatic N) is 6. The molecule has 0 saturated carbocycles. The van der Waals surface area contributed by atoms with Crippen molar-refractivity contribution in [2.45, 2.75) is 19.5 Å². The van der Waals surface area contributed by atoms with Gasteiger partial charge in [-0.3, -0.25) is 24.2 Å². The molecule has 0 radical (unpaired) electrons. The molecular weight excluding hydrogens is 729 g/mol. The summed E-state index contributed by atoms with van der Waals surface area (Å²) in [6, 6.07) is 35.3. The molecule has 0 saturated heterocycles. The smallest absolute Gasteiger partial charge is 0.257 e. The number of aryl methyl sites for hydroxylation is 1. The molecule has 3 aromatic heterocycles. The number of imidazole rings is 1. The summed E-state index contributed by atoms with van der Waals surface area (Å²) >= 11 is 0. The second kappa shape index (κ2) is 16.8. The molecule has 0 fully saturated rings. The number of rotatable bonds is 14. The van der Waals surface area contributed by atoms with Crippen LogP contribution >= 0.6 is 0 Å². The Morgan fingerprint density at radius 3 is 2.31 bits per heavy atom. The van der Waals surface area contributed by atoms with Crippen LogP contribution in [0.4, 0.5) is 11.4 Å². The zero-order valence-corrected chi connectivity index (χ0v) is 32.4. The molecule has 0 aliphatic heterocycles. The van der Waals surface area contributed by atoms with Gasteiger partial charge in [0.05, 0.1) is 54.6 Å². The number of methoxy groups -OCH3 is 2. The number of carbonyl (C=O) groups excluding carboxylic acids is 2. The molecule has 0 atom stereocenters. The minimum absolute atomic E-state index is 0.209. The van der Waals surface area contributed by atoms with Gasteiger partial charge in [0.1, 0.15) is 0 Å². The molecule has 0 aliphatic carbocycles. The highest BCUT2D eigenvalue weighted by molar-refractivity contribution is 6.13. The van der Waals surface area contributed by atoms with Crippen LogP contribution in [-0.4, -0.2) is 61.8 Å². The minimum atomic E-state index is -0.421. The fraction of sp³-hybridized carbons (Fsp3) is 0.152. The van der Waals surface area contributed by atoms with Gasteiger partial charge in [0.15, 0.2) is 11.5 Å². The van der Waals surface area contributed by atoms with E-state index in [9.17, 15) is 9.59 Å². The van der Waals surface area contributed by atoms with E-state index in [0.717, 1.165) is 59.1 Å². The van der Waals surface area contributed by atoms with E-state index in [1.165, 1.54) is 31.5 Å². The number of nitrogens with one attached hydrogen (secondary N) is 2. The second-order valence-electron chi connectivity index (χ2n) is 14.0. The van der Waals surface area contributed by atoms with Gasteiger partial charge in [-0.15, -0.1) is 0 Å². The summed E-state index contributed by atoms with van der Waals surface area (Å²) in [5.74, 6) is -0.114. The third-order valence-corrected chi connectivity index (χ3v) is 10.1. The quantitative estimate of drug-likeness (QED) is 0.114. The number of hydrogen-bond donors (Lipinski definition) is 2. The van der Waals surface area contributed by atoms with Gasteiger partial charge in [-0.2, -0.15) is 5.10 Å². The first-order chi connectivity index (χ1) is 28.3. The number of para-hydroxylation sites is 1. The standard InChI is InChI=1S/C46H42N8O4/c1-52-42-16-13-33(21-35(42)27-49-52)29-53(28-32-7-6-9-38(22-32)54-20-18-47-30-54)19-17-31-11-14-37(15-12-31)50-46(56)39-24-43(57-2)44(58-3)25-41(39)51-45(55)36-23-34-8-4-5-10-40(34)48-26-36/h4-16,18,20-27,30H,17,19,28-29H2,1-3H3,(H,50,56)(H,51,55). The predicted molar refractivity (Wildman–Crippen MR) is 226 cm³/mol. The lowest BCUT2D eigenvalue weighted by molar-refractivity contribution is 0.102. The Morgan fingerprint density at radius 2 is 1.52 bits per heavy atom. The molecule has 8 rings (SSSR count). The van der Waals surface area contributed by atoms with Gasteiger partial charge < -0.3 is 24.7 Å². The zero-order valence-electron chi connectivity index (χ0n) is 32.4. The second-order valence-corrected chi connectivity index (χ2v) is 14.0. The number of anilines is 2. The molecule has 0 spiro atoms. The van der Waals surface area contributed by atoms with Crippen LogP contribution in [0.3, 0.4) is 0 Å². The van der Waals surface area contributed by atoms with Crippen molar-refractivity contribution in [1.29, 1.82) is 0 Å². The Balaban J connectivity index is 0.975. The monoisotopic (exact) mass is 770 g/mol. The molecule has 2 amide bonds. The first-order valence-electron chi connectivity index (χ1n) is 18.9. The number of pyridine rings is 1. The van der Waals surface area contributed by atoms with Crippen molar-refractivity contribution in [1.82, 2.24) is 29.2 Å². The SMILES string of the molecule is COc1cc(NC(=O)c2cnc3ccccc3c2)c(C(=O)Nc2ccc(CCN(Cc3cccc(-n4ccnc4)c3)Cc3ccc4c(cnn4C)c3)cc2)cc1OC. The van der Waals surface area contributed by atoms with Crippen molar-refractivity contribution < 1.29 is 19.1 Å². The maximum Gasteiger partial charge on any atom is 0.257 e. The van der Waals surface area contributed by atoms with Gasteiger partial charge in [-0.1, -0.05) is 48.5 Å². The number of ether oxygens (including phenoxy) is 2. The van der Waals surface area contributed by atoms with E-state index in [4.69, 9.17) is 9.47 Å². The van der Waals surface area contributed by atoms with E-state index in [1.54, 1.807) is 24.4 Å². The summed E-state index contributed by atoms with van der Waals surface area (Å²) in [5, 5.41) is 12.2. The van der Waals surface area contributed by atoms with Gasteiger partial charge in [-0.05, 0) is 77.7 Å². The summed E-state index contributed by atoms with van der Waals surface area (Å²) in [6.07, 6.45) is 9.75. The van der Waals surface area contributed by atoms with E-state index >= 15 is 0 Å². The van der Waals surface area contributed by atoms with E-state index in [2.05, 4.69) is 73.1 Å². The average molecular weight is 771 g/mol. The van der Waals surface area contributed by atoms with Crippen LogP contribution in [-0.2, 0) is 26.6 Å². The fourth-order valence-corrected chi connectivity index (χ4v) is 7.07. The molecule has 3 heterocycles. The van der Waals surface area contributed by atoms with Crippen LogP contribution in [0.5, 0.6) is 11.5 Å². The molecule has 58 heavy (non-hydrogen) atoms. The Labute approximate surface area is 335 Å². The van der Waals surface area contributed by atoms with E-state index < -0.39 is 11.8 Å². The first kappa shape index (κ1) is 37.6. The number of hydrogen-bond acceptors (Lipinski definition) is 8. The number of amides is 2. The lowest BCUT2D eigenvalue weighted by Gasteiger charge is -2.23. The molecule has 0 bridgehead atoms. The third-order valence-electron chi connectivity index (χ3n) is 10.1. The van der Waals surface area contributed by atoms with Crippen molar-refractivity contribution in [3.8, 4) is 17.2 Å². The van der Waals surface area contributed by atoms with Gasteiger partial charge in [0, 0.05) is 73.5 Å². The summed E-state index contributed by atoms with van der Waals surface area (Å²) in [7, 11) is 4.95. The summed E-state index contributed by atoms with van der Waals surface area (Å²) < 4.78 is 14.9. The highest BCUT2D eigenvalue weighted by Crippen LogP contribution is 2.34. The summed E-state index contributed by atoms with van der Waals surface area (Å²) in [5.41, 5.74) is 7.92. The molecule has 0 aliphatic rings. The largest absolute Gasteiger partial charge is 0.493 e. The van der Waals surface area contributed by atoms with Gasteiger partial charge >= 0.3 is 0 Å². The average Bonchev–Trinajstić information content (AvgIpc) is 3.93. The van der Waals surface area contributed by atoms with E-state index in [0.29, 0.717) is 22.7 Å². The lowest BCUT2D eigenvalue weighted by Crippen LogP contribution is -2.25. The summed E-state index contributed by atoms with van der Waals surface area (Å²) in [6.45, 7) is 2.31. The fourth-order valence-electron chi connectivity index (χ4n) is 7.07. The Bertz CT molecular complexity index is 2730. The maximum atomic E-state index is 13.8. The normalized spacial score (nSPS) is 11.2.